The minimum absolute atomic E-state index is 0.701. The molecule has 2 fully saturated rings. The van der Waals surface area contributed by atoms with Crippen LogP contribution in [-0.4, -0.2) is 28.1 Å². The molecule has 2 aromatic heterocycles. The van der Waals surface area contributed by atoms with Gasteiger partial charge in [-0.2, -0.15) is 0 Å². The molecule has 1 aliphatic heterocycles. The van der Waals surface area contributed by atoms with Crippen molar-refractivity contribution in [3.05, 3.63) is 52.0 Å². The smallest absolute Gasteiger partial charge is 0.0935 e. The molecule has 0 bridgehead atoms. The van der Waals surface area contributed by atoms with Crippen LogP contribution in [0.5, 0.6) is 0 Å². The molecule has 4 heteroatoms. The first-order chi connectivity index (χ1) is 12.2. The van der Waals surface area contributed by atoms with E-state index in [0.717, 1.165) is 44.0 Å². The second-order valence-electron chi connectivity index (χ2n) is 7.69. The fourth-order valence-electron chi connectivity index (χ4n) is 4.31. The molecule has 2 aliphatic rings. The van der Waals surface area contributed by atoms with Crippen LogP contribution in [0, 0.1) is 0 Å². The molecule has 1 aliphatic carbocycles. The number of aliphatic hydroxyl groups is 1. The number of rotatable bonds is 4. The Morgan fingerprint density at radius 3 is 2.64 bits per heavy atom. The highest BCUT2D eigenvalue weighted by molar-refractivity contribution is 7.12. The Morgan fingerprint density at radius 2 is 1.92 bits per heavy atom. The average molecular weight is 357 g/mol. The lowest BCUT2D eigenvalue weighted by molar-refractivity contribution is -0.0277. The van der Waals surface area contributed by atoms with Gasteiger partial charge in [0, 0.05) is 47.3 Å². The largest absolute Gasteiger partial charge is 0.385 e. The highest BCUT2D eigenvalue weighted by Gasteiger charge is 2.34. The van der Waals surface area contributed by atoms with Gasteiger partial charge in [0.1, 0.15) is 0 Å². The number of pyridine rings is 1. The van der Waals surface area contributed by atoms with Gasteiger partial charge in [0.05, 0.1) is 5.60 Å². The Bertz CT molecular complexity index is 670. The van der Waals surface area contributed by atoms with Crippen LogP contribution in [0.4, 0.5) is 0 Å². The Hall–Kier alpha value is -1.23. The van der Waals surface area contributed by atoms with Gasteiger partial charge in [0.25, 0.3) is 0 Å². The highest BCUT2D eigenvalue weighted by atomic mass is 32.1. The van der Waals surface area contributed by atoms with Crippen molar-refractivity contribution in [3.8, 4) is 0 Å². The van der Waals surface area contributed by atoms with Crippen LogP contribution in [0.25, 0.3) is 0 Å². The van der Waals surface area contributed by atoms with Crippen molar-refractivity contribution < 1.29 is 5.11 Å². The molecule has 1 saturated carbocycles. The van der Waals surface area contributed by atoms with E-state index >= 15 is 0 Å². The summed E-state index contributed by atoms with van der Waals surface area (Å²) in [7, 11) is 0. The van der Waals surface area contributed by atoms with Crippen molar-refractivity contribution in [1.82, 2.24) is 9.88 Å². The summed E-state index contributed by atoms with van der Waals surface area (Å²) in [6.45, 7) is 2.92. The van der Waals surface area contributed by atoms with E-state index in [0.29, 0.717) is 0 Å². The summed E-state index contributed by atoms with van der Waals surface area (Å²) in [5.74, 6) is 0.810. The lowest BCUT2D eigenvalue weighted by Gasteiger charge is -2.38. The van der Waals surface area contributed by atoms with Gasteiger partial charge in [-0.3, -0.25) is 9.88 Å². The molecule has 0 amide bonds. The predicted molar refractivity (Wildman–Crippen MR) is 103 cm³/mol. The third-order valence-electron chi connectivity index (χ3n) is 5.95. The summed E-state index contributed by atoms with van der Waals surface area (Å²) in [4.78, 5) is 9.73. The first-order valence-corrected chi connectivity index (χ1v) is 10.5. The zero-order valence-electron chi connectivity index (χ0n) is 14.9. The Kier molecular flexibility index (Phi) is 5.20. The predicted octanol–water partition coefficient (Wildman–Crippen LogP) is 4.67. The zero-order chi connectivity index (χ0) is 17.1. The van der Waals surface area contributed by atoms with Gasteiger partial charge >= 0.3 is 0 Å². The molecule has 0 aromatic carbocycles. The van der Waals surface area contributed by atoms with Crippen molar-refractivity contribution >= 4 is 11.3 Å². The van der Waals surface area contributed by atoms with E-state index in [1.807, 2.05) is 29.7 Å². The maximum atomic E-state index is 10.9. The van der Waals surface area contributed by atoms with Gasteiger partial charge < -0.3 is 5.11 Å². The first kappa shape index (κ1) is 17.2. The maximum absolute atomic E-state index is 10.9. The molecule has 0 radical (unpaired) electrons. The van der Waals surface area contributed by atoms with Crippen LogP contribution in [-0.2, 0) is 12.1 Å². The van der Waals surface area contributed by atoms with E-state index in [1.165, 1.54) is 37.0 Å². The molecule has 3 nitrogen and oxygen atoms in total. The normalized spacial score (nSPS) is 22.1. The Balaban J connectivity index is 1.34. The van der Waals surface area contributed by atoms with Gasteiger partial charge in [0.2, 0.25) is 0 Å². The summed E-state index contributed by atoms with van der Waals surface area (Å²) in [5, 5.41) is 10.9. The van der Waals surface area contributed by atoms with Crippen LogP contribution >= 0.6 is 11.3 Å². The number of hydrogen-bond donors (Lipinski definition) is 1. The SMILES string of the molecule is OC1(c2cccnc2)CCN(Cc2ccc(C3CCCCC3)s2)CC1. The molecule has 0 atom stereocenters. The van der Waals surface area contributed by atoms with Crippen molar-refractivity contribution in [2.75, 3.05) is 13.1 Å². The third kappa shape index (κ3) is 3.97. The second-order valence-corrected chi connectivity index (χ2v) is 8.89. The fourth-order valence-corrected chi connectivity index (χ4v) is 5.54. The van der Waals surface area contributed by atoms with Crippen LogP contribution in [0.3, 0.4) is 0 Å². The molecular formula is C21H28N2OS. The molecule has 134 valence electrons. The molecule has 2 aromatic rings. The minimum atomic E-state index is -0.701. The molecule has 0 spiro atoms. The van der Waals surface area contributed by atoms with Crippen molar-refractivity contribution in [1.29, 1.82) is 0 Å². The third-order valence-corrected chi connectivity index (χ3v) is 7.18. The highest BCUT2D eigenvalue weighted by Crippen LogP contribution is 2.37. The van der Waals surface area contributed by atoms with E-state index < -0.39 is 5.60 Å². The van der Waals surface area contributed by atoms with Crippen LogP contribution in [0.2, 0.25) is 0 Å². The van der Waals surface area contributed by atoms with Crippen LogP contribution in [0.15, 0.2) is 36.7 Å². The van der Waals surface area contributed by atoms with Crippen molar-refractivity contribution in [2.45, 2.75) is 63.0 Å². The van der Waals surface area contributed by atoms with Gasteiger partial charge in [-0.1, -0.05) is 25.3 Å². The van der Waals surface area contributed by atoms with Gasteiger partial charge in [-0.15, -0.1) is 11.3 Å². The van der Waals surface area contributed by atoms with E-state index in [4.69, 9.17) is 0 Å². The molecular weight excluding hydrogens is 328 g/mol. The minimum Gasteiger partial charge on any atom is -0.385 e. The van der Waals surface area contributed by atoms with E-state index in [9.17, 15) is 5.11 Å². The van der Waals surface area contributed by atoms with Crippen molar-refractivity contribution in [2.24, 2.45) is 0 Å². The van der Waals surface area contributed by atoms with Crippen LogP contribution in [0.1, 0.15) is 66.2 Å². The lowest BCUT2D eigenvalue weighted by Crippen LogP contribution is -2.42. The maximum Gasteiger partial charge on any atom is 0.0935 e. The first-order valence-electron chi connectivity index (χ1n) is 9.67. The molecule has 4 rings (SSSR count). The summed E-state index contributed by atoms with van der Waals surface area (Å²) in [6, 6.07) is 8.61. The van der Waals surface area contributed by atoms with Crippen molar-refractivity contribution in [3.63, 3.8) is 0 Å². The molecule has 3 heterocycles. The Labute approximate surface area is 154 Å². The average Bonchev–Trinajstić information content (AvgIpc) is 3.14. The number of aromatic nitrogens is 1. The lowest BCUT2D eigenvalue weighted by atomic mass is 9.85. The number of hydrogen-bond acceptors (Lipinski definition) is 4. The molecule has 25 heavy (non-hydrogen) atoms. The topological polar surface area (TPSA) is 36.4 Å². The van der Waals surface area contributed by atoms with E-state index in [-0.39, 0.29) is 0 Å². The van der Waals surface area contributed by atoms with Gasteiger partial charge in [-0.05, 0) is 49.8 Å². The number of nitrogens with zero attached hydrogens (tertiary/aromatic N) is 2. The standard InChI is InChI=1S/C21H28N2OS/c24-21(18-7-4-12-22-15-18)10-13-23(14-11-21)16-19-8-9-20(25-19)17-5-2-1-3-6-17/h4,7-9,12,15,17,24H,1-3,5-6,10-11,13-14,16H2. The summed E-state index contributed by atoms with van der Waals surface area (Å²) < 4.78 is 0. The number of piperidine rings is 1. The van der Waals surface area contributed by atoms with E-state index in [1.54, 1.807) is 11.1 Å². The van der Waals surface area contributed by atoms with Crippen LogP contribution < -0.4 is 0 Å². The molecule has 1 N–H and O–H groups in total. The summed E-state index contributed by atoms with van der Waals surface area (Å²) >= 11 is 2.02. The van der Waals surface area contributed by atoms with Gasteiger partial charge in [0.15, 0.2) is 0 Å². The van der Waals surface area contributed by atoms with Gasteiger partial charge in [-0.25, -0.2) is 0 Å². The quantitative estimate of drug-likeness (QED) is 0.864. The molecule has 1 saturated heterocycles. The number of likely N-dealkylation sites (tertiary alicyclic amines) is 1. The second kappa shape index (κ2) is 7.56. The number of thiophene rings is 1. The molecule has 0 unspecified atom stereocenters. The fraction of sp³-hybridized carbons (Fsp3) is 0.571. The zero-order valence-corrected chi connectivity index (χ0v) is 15.7. The monoisotopic (exact) mass is 356 g/mol. The summed E-state index contributed by atoms with van der Waals surface area (Å²) in [5.41, 5.74) is 0.262. The summed E-state index contributed by atoms with van der Waals surface area (Å²) in [6.07, 6.45) is 12.1. The van der Waals surface area contributed by atoms with E-state index in [2.05, 4.69) is 22.0 Å². The Morgan fingerprint density at radius 1 is 1.12 bits per heavy atom.